The first-order valence-corrected chi connectivity index (χ1v) is 5.65. The van der Waals surface area contributed by atoms with Crippen LogP contribution in [0.1, 0.15) is 12.5 Å². The lowest BCUT2D eigenvalue weighted by Gasteiger charge is -2.22. The van der Waals surface area contributed by atoms with Gasteiger partial charge < -0.3 is 4.90 Å². The van der Waals surface area contributed by atoms with Crippen molar-refractivity contribution in [2.75, 3.05) is 10.8 Å². The quantitative estimate of drug-likeness (QED) is 0.736. The average Bonchev–Trinajstić information content (AvgIpc) is 2.67. The molecule has 1 aromatic rings. The SMILES string of the molecule is CC(=O)N1c2ccccc2CC1C(=O)CCl. The van der Waals surface area contributed by atoms with Gasteiger partial charge in [0, 0.05) is 19.0 Å². The van der Waals surface area contributed by atoms with Crippen molar-refractivity contribution in [1.29, 1.82) is 0 Å². The summed E-state index contributed by atoms with van der Waals surface area (Å²) in [4.78, 5) is 24.8. The van der Waals surface area contributed by atoms with Crippen molar-refractivity contribution in [3.63, 3.8) is 0 Å². The molecule has 1 unspecified atom stereocenters. The van der Waals surface area contributed by atoms with Crippen LogP contribution in [0.5, 0.6) is 0 Å². The molecule has 4 heteroatoms. The normalized spacial score (nSPS) is 18.4. The van der Waals surface area contributed by atoms with E-state index in [0.29, 0.717) is 6.42 Å². The number of benzene rings is 1. The summed E-state index contributed by atoms with van der Waals surface area (Å²) in [5.74, 6) is -0.274. The molecule has 0 radical (unpaired) electrons. The van der Waals surface area contributed by atoms with Gasteiger partial charge in [-0.05, 0) is 11.6 Å². The summed E-state index contributed by atoms with van der Waals surface area (Å²) < 4.78 is 0. The third kappa shape index (κ3) is 1.71. The van der Waals surface area contributed by atoms with E-state index in [9.17, 15) is 9.59 Å². The van der Waals surface area contributed by atoms with E-state index in [1.54, 1.807) is 4.90 Å². The van der Waals surface area contributed by atoms with Gasteiger partial charge in [-0.3, -0.25) is 9.59 Å². The Morgan fingerprint density at radius 2 is 2.12 bits per heavy atom. The van der Waals surface area contributed by atoms with Crippen molar-refractivity contribution >= 4 is 29.0 Å². The number of carbonyl (C=O) groups excluding carboxylic acids is 2. The Morgan fingerprint density at radius 1 is 1.44 bits per heavy atom. The van der Waals surface area contributed by atoms with Gasteiger partial charge in [0.15, 0.2) is 5.78 Å². The second-order valence-corrected chi connectivity index (χ2v) is 4.10. The minimum Gasteiger partial charge on any atom is -0.302 e. The topological polar surface area (TPSA) is 37.4 Å². The molecule has 0 aromatic heterocycles. The monoisotopic (exact) mass is 237 g/mol. The van der Waals surface area contributed by atoms with E-state index < -0.39 is 6.04 Å². The molecule has 3 nitrogen and oxygen atoms in total. The van der Waals surface area contributed by atoms with E-state index in [2.05, 4.69) is 0 Å². The van der Waals surface area contributed by atoms with E-state index in [0.717, 1.165) is 11.3 Å². The number of rotatable bonds is 2. The number of para-hydroxylation sites is 1. The highest BCUT2D eigenvalue weighted by molar-refractivity contribution is 6.29. The van der Waals surface area contributed by atoms with Crippen molar-refractivity contribution in [3.8, 4) is 0 Å². The number of amides is 1. The Kier molecular flexibility index (Phi) is 2.97. The predicted octanol–water partition coefficient (Wildman–Crippen LogP) is 1.77. The van der Waals surface area contributed by atoms with Gasteiger partial charge in [-0.1, -0.05) is 18.2 Å². The van der Waals surface area contributed by atoms with Crippen LogP contribution in [0.15, 0.2) is 24.3 Å². The highest BCUT2D eigenvalue weighted by Gasteiger charge is 2.35. The van der Waals surface area contributed by atoms with Crippen molar-refractivity contribution in [1.82, 2.24) is 0 Å². The van der Waals surface area contributed by atoms with Crippen LogP contribution in [0.4, 0.5) is 5.69 Å². The molecule has 0 bridgehead atoms. The summed E-state index contributed by atoms with van der Waals surface area (Å²) in [5.41, 5.74) is 1.86. The molecule has 1 aliphatic rings. The fourth-order valence-corrected chi connectivity index (χ4v) is 2.30. The number of hydrogen-bond acceptors (Lipinski definition) is 2. The van der Waals surface area contributed by atoms with E-state index >= 15 is 0 Å². The lowest BCUT2D eigenvalue weighted by Crippen LogP contribution is -2.42. The summed E-state index contributed by atoms with van der Waals surface area (Å²) in [5, 5.41) is 0. The van der Waals surface area contributed by atoms with E-state index in [1.807, 2.05) is 24.3 Å². The third-order valence-electron chi connectivity index (χ3n) is 2.82. The lowest BCUT2D eigenvalue weighted by molar-refractivity contribution is -0.122. The van der Waals surface area contributed by atoms with Gasteiger partial charge in [-0.15, -0.1) is 11.6 Å². The largest absolute Gasteiger partial charge is 0.302 e. The van der Waals surface area contributed by atoms with Crippen LogP contribution in [-0.4, -0.2) is 23.6 Å². The Bertz CT molecular complexity index is 444. The highest BCUT2D eigenvalue weighted by Crippen LogP contribution is 2.32. The Labute approximate surface area is 99.0 Å². The van der Waals surface area contributed by atoms with Crippen molar-refractivity contribution in [2.45, 2.75) is 19.4 Å². The Balaban J connectivity index is 2.41. The van der Waals surface area contributed by atoms with E-state index in [4.69, 9.17) is 11.6 Å². The first-order valence-electron chi connectivity index (χ1n) is 5.11. The molecule has 1 atom stereocenters. The molecule has 0 N–H and O–H groups in total. The maximum Gasteiger partial charge on any atom is 0.224 e. The molecular formula is C12H12ClNO2. The van der Waals surface area contributed by atoms with Crippen molar-refractivity contribution in [3.05, 3.63) is 29.8 Å². The second kappa shape index (κ2) is 4.26. The number of halogens is 1. The smallest absolute Gasteiger partial charge is 0.224 e. The number of fused-ring (bicyclic) bond motifs is 1. The van der Waals surface area contributed by atoms with Gasteiger partial charge in [0.05, 0.1) is 5.88 Å². The number of carbonyl (C=O) groups is 2. The molecule has 0 spiro atoms. The van der Waals surface area contributed by atoms with Crippen molar-refractivity contribution < 1.29 is 9.59 Å². The van der Waals surface area contributed by atoms with Crippen LogP contribution in [0.25, 0.3) is 0 Å². The molecule has 0 fully saturated rings. The Hall–Kier alpha value is -1.35. The third-order valence-corrected chi connectivity index (χ3v) is 3.08. The zero-order valence-electron chi connectivity index (χ0n) is 8.94. The fraction of sp³-hybridized carbons (Fsp3) is 0.333. The molecular weight excluding hydrogens is 226 g/mol. The number of nitrogens with zero attached hydrogens (tertiary/aromatic N) is 1. The molecule has 0 saturated carbocycles. The van der Waals surface area contributed by atoms with Gasteiger partial charge in [0.2, 0.25) is 5.91 Å². The fourth-order valence-electron chi connectivity index (χ4n) is 2.12. The zero-order valence-corrected chi connectivity index (χ0v) is 9.70. The first-order chi connectivity index (χ1) is 7.65. The molecule has 1 heterocycles. The van der Waals surface area contributed by atoms with Gasteiger partial charge in [0.25, 0.3) is 0 Å². The predicted molar refractivity (Wildman–Crippen MR) is 62.8 cm³/mol. The van der Waals surface area contributed by atoms with Gasteiger partial charge in [-0.25, -0.2) is 0 Å². The summed E-state index contributed by atoms with van der Waals surface area (Å²) in [6, 6.07) is 7.14. The first kappa shape index (κ1) is 11.1. The molecule has 1 aromatic carbocycles. The van der Waals surface area contributed by atoms with Crippen LogP contribution in [-0.2, 0) is 16.0 Å². The number of hydrogen-bond donors (Lipinski definition) is 0. The van der Waals surface area contributed by atoms with Gasteiger partial charge in [-0.2, -0.15) is 0 Å². The van der Waals surface area contributed by atoms with E-state index in [1.165, 1.54) is 6.92 Å². The molecule has 16 heavy (non-hydrogen) atoms. The number of Topliss-reactive ketones (excluding diaryl/α,β-unsaturated/α-hetero) is 1. The standard InChI is InChI=1S/C12H12ClNO2/c1-8(15)14-10-5-3-2-4-9(10)6-11(14)12(16)7-13/h2-5,11H,6-7H2,1H3. The molecule has 0 saturated heterocycles. The average molecular weight is 238 g/mol. The Morgan fingerprint density at radius 3 is 2.75 bits per heavy atom. The summed E-state index contributed by atoms with van der Waals surface area (Å²) >= 11 is 5.56. The maximum absolute atomic E-state index is 11.7. The summed E-state index contributed by atoms with van der Waals surface area (Å²) in [6.45, 7) is 1.47. The van der Waals surface area contributed by atoms with Crippen LogP contribution in [0, 0.1) is 0 Å². The van der Waals surface area contributed by atoms with Crippen molar-refractivity contribution in [2.24, 2.45) is 0 Å². The van der Waals surface area contributed by atoms with Crippen LogP contribution in [0.3, 0.4) is 0 Å². The van der Waals surface area contributed by atoms with Crippen LogP contribution in [0.2, 0.25) is 0 Å². The lowest BCUT2D eigenvalue weighted by atomic mass is 10.1. The summed E-state index contributed by atoms with van der Waals surface area (Å²) in [7, 11) is 0. The van der Waals surface area contributed by atoms with Gasteiger partial charge in [0.1, 0.15) is 6.04 Å². The highest BCUT2D eigenvalue weighted by atomic mass is 35.5. The minimum absolute atomic E-state index is 0.0531. The van der Waals surface area contributed by atoms with Crippen LogP contribution < -0.4 is 4.90 Å². The number of anilines is 1. The second-order valence-electron chi connectivity index (χ2n) is 3.84. The molecule has 0 aliphatic carbocycles. The minimum atomic E-state index is -0.424. The maximum atomic E-state index is 11.7. The zero-order chi connectivity index (χ0) is 11.7. The molecule has 1 aliphatic heterocycles. The molecule has 84 valence electrons. The van der Waals surface area contributed by atoms with Crippen LogP contribution >= 0.6 is 11.6 Å². The van der Waals surface area contributed by atoms with E-state index in [-0.39, 0.29) is 17.6 Å². The molecule has 2 rings (SSSR count). The number of ketones is 1. The van der Waals surface area contributed by atoms with Gasteiger partial charge >= 0.3 is 0 Å². The summed E-state index contributed by atoms with van der Waals surface area (Å²) in [6.07, 6.45) is 0.571. The molecule has 1 amide bonds. The number of alkyl halides is 1.